The summed E-state index contributed by atoms with van der Waals surface area (Å²) >= 11 is 0. The van der Waals surface area contributed by atoms with Crippen molar-refractivity contribution in [3.05, 3.63) is 108 Å². The van der Waals surface area contributed by atoms with Gasteiger partial charge in [-0.2, -0.15) is 0 Å². The van der Waals surface area contributed by atoms with E-state index in [-0.39, 0.29) is 0 Å². The van der Waals surface area contributed by atoms with Crippen molar-refractivity contribution in [1.29, 1.82) is 0 Å². The Balaban J connectivity index is 1.87. The van der Waals surface area contributed by atoms with Gasteiger partial charge >= 0.3 is 0 Å². The molecule has 0 amide bonds. The molecule has 0 atom stereocenters. The van der Waals surface area contributed by atoms with Crippen LogP contribution in [0.25, 0.3) is 11.5 Å². The van der Waals surface area contributed by atoms with Crippen molar-refractivity contribution in [2.45, 2.75) is 5.54 Å². The summed E-state index contributed by atoms with van der Waals surface area (Å²) in [5, 5.41) is 8.48. The molecular formula is C21H17N3O. The van der Waals surface area contributed by atoms with Crippen LogP contribution in [0.1, 0.15) is 17.0 Å². The third-order valence-corrected chi connectivity index (χ3v) is 4.24. The van der Waals surface area contributed by atoms with Gasteiger partial charge in [-0.25, -0.2) is 0 Å². The Kier molecular flexibility index (Phi) is 3.88. The fourth-order valence-electron chi connectivity index (χ4n) is 2.90. The first-order chi connectivity index (χ1) is 12.3. The lowest BCUT2D eigenvalue weighted by atomic mass is 9.83. The van der Waals surface area contributed by atoms with E-state index >= 15 is 0 Å². The van der Waals surface area contributed by atoms with Crippen LogP contribution in [0.15, 0.2) is 95.4 Å². The molecule has 0 bridgehead atoms. The van der Waals surface area contributed by atoms with Gasteiger partial charge in [-0.15, -0.1) is 10.2 Å². The molecule has 4 heteroatoms. The van der Waals surface area contributed by atoms with E-state index in [9.17, 15) is 0 Å². The van der Waals surface area contributed by atoms with Gasteiger partial charge in [0, 0.05) is 5.56 Å². The van der Waals surface area contributed by atoms with E-state index in [0.717, 1.165) is 16.7 Å². The van der Waals surface area contributed by atoms with E-state index in [2.05, 4.69) is 10.2 Å². The highest BCUT2D eigenvalue weighted by Crippen LogP contribution is 2.34. The van der Waals surface area contributed by atoms with E-state index in [4.69, 9.17) is 10.2 Å². The fourth-order valence-corrected chi connectivity index (χ4v) is 2.90. The number of hydrogen-bond acceptors (Lipinski definition) is 4. The highest BCUT2D eigenvalue weighted by Gasteiger charge is 2.37. The quantitative estimate of drug-likeness (QED) is 0.615. The van der Waals surface area contributed by atoms with E-state index in [1.165, 1.54) is 0 Å². The lowest BCUT2D eigenvalue weighted by Gasteiger charge is -2.26. The number of nitrogens with zero attached hydrogens (tertiary/aromatic N) is 2. The van der Waals surface area contributed by atoms with Crippen LogP contribution in [0.5, 0.6) is 0 Å². The van der Waals surface area contributed by atoms with Crippen LogP contribution in [0.3, 0.4) is 0 Å². The zero-order valence-electron chi connectivity index (χ0n) is 13.5. The Morgan fingerprint density at radius 1 is 0.640 bits per heavy atom. The van der Waals surface area contributed by atoms with E-state index in [0.29, 0.717) is 11.8 Å². The number of benzene rings is 3. The molecule has 4 rings (SSSR count). The van der Waals surface area contributed by atoms with E-state index < -0.39 is 5.54 Å². The van der Waals surface area contributed by atoms with Gasteiger partial charge in [0.25, 0.3) is 0 Å². The molecule has 0 fully saturated rings. The molecular weight excluding hydrogens is 310 g/mol. The Labute approximate surface area is 146 Å². The Morgan fingerprint density at radius 3 is 1.64 bits per heavy atom. The molecule has 25 heavy (non-hydrogen) atoms. The van der Waals surface area contributed by atoms with Crippen LogP contribution < -0.4 is 5.73 Å². The largest absolute Gasteiger partial charge is 0.418 e. The van der Waals surface area contributed by atoms with Crippen LogP contribution in [-0.2, 0) is 5.54 Å². The van der Waals surface area contributed by atoms with Gasteiger partial charge in [0.2, 0.25) is 11.8 Å². The first-order valence-electron chi connectivity index (χ1n) is 8.08. The molecule has 0 saturated carbocycles. The lowest BCUT2D eigenvalue weighted by molar-refractivity contribution is 0.426. The van der Waals surface area contributed by atoms with Crippen LogP contribution >= 0.6 is 0 Å². The minimum Gasteiger partial charge on any atom is -0.418 e. The van der Waals surface area contributed by atoms with Gasteiger partial charge in [-0.1, -0.05) is 78.9 Å². The predicted molar refractivity (Wildman–Crippen MR) is 96.7 cm³/mol. The molecule has 0 radical (unpaired) electrons. The van der Waals surface area contributed by atoms with Crippen LogP contribution in [0.4, 0.5) is 0 Å². The summed E-state index contributed by atoms with van der Waals surface area (Å²) in [6, 6.07) is 29.3. The molecule has 0 aliphatic carbocycles. The molecule has 4 aromatic rings. The Bertz CT molecular complexity index is 911. The summed E-state index contributed by atoms with van der Waals surface area (Å²) < 4.78 is 6.00. The topological polar surface area (TPSA) is 64.9 Å². The molecule has 0 saturated heterocycles. The summed E-state index contributed by atoms with van der Waals surface area (Å²) in [6.07, 6.45) is 0. The molecule has 0 unspecified atom stereocenters. The minimum absolute atomic E-state index is 0.365. The minimum atomic E-state index is -1.01. The average Bonchev–Trinajstić information content (AvgIpc) is 3.20. The molecule has 0 aliphatic heterocycles. The maximum atomic E-state index is 6.86. The van der Waals surface area contributed by atoms with Crippen molar-refractivity contribution in [1.82, 2.24) is 10.2 Å². The highest BCUT2D eigenvalue weighted by atomic mass is 16.4. The summed E-state index contributed by atoms with van der Waals surface area (Å²) in [7, 11) is 0. The van der Waals surface area contributed by atoms with E-state index in [1.807, 2.05) is 91.0 Å². The third-order valence-electron chi connectivity index (χ3n) is 4.24. The SMILES string of the molecule is NC(c1ccccc1)(c1ccccc1)c1nnc(-c2ccccc2)o1. The second kappa shape index (κ2) is 6.34. The number of rotatable bonds is 4. The third kappa shape index (κ3) is 2.73. The van der Waals surface area contributed by atoms with Gasteiger partial charge in [0.05, 0.1) is 0 Å². The zero-order chi connectivity index (χ0) is 17.1. The standard InChI is InChI=1S/C21H17N3O/c22-21(17-12-6-2-7-13-17,18-14-8-3-9-15-18)20-24-23-19(25-20)16-10-4-1-5-11-16/h1-15H,22H2. The zero-order valence-corrected chi connectivity index (χ0v) is 13.5. The van der Waals surface area contributed by atoms with Crippen molar-refractivity contribution in [3.63, 3.8) is 0 Å². The smallest absolute Gasteiger partial charge is 0.247 e. The van der Waals surface area contributed by atoms with Crippen molar-refractivity contribution in [3.8, 4) is 11.5 Å². The Hall–Kier alpha value is -3.24. The van der Waals surface area contributed by atoms with Gasteiger partial charge in [-0.05, 0) is 23.3 Å². The van der Waals surface area contributed by atoms with Gasteiger partial charge in [0.1, 0.15) is 5.54 Å². The second-order valence-corrected chi connectivity index (χ2v) is 5.82. The van der Waals surface area contributed by atoms with Crippen molar-refractivity contribution in [2.24, 2.45) is 5.73 Å². The van der Waals surface area contributed by atoms with E-state index in [1.54, 1.807) is 0 Å². The molecule has 2 N–H and O–H groups in total. The number of hydrogen-bond donors (Lipinski definition) is 1. The maximum absolute atomic E-state index is 6.86. The summed E-state index contributed by atoms with van der Waals surface area (Å²) in [5.41, 5.74) is 8.50. The summed E-state index contributed by atoms with van der Waals surface area (Å²) in [5.74, 6) is 0.820. The highest BCUT2D eigenvalue weighted by molar-refractivity contribution is 5.53. The summed E-state index contributed by atoms with van der Waals surface area (Å²) in [4.78, 5) is 0. The van der Waals surface area contributed by atoms with Crippen LogP contribution in [0, 0.1) is 0 Å². The first-order valence-corrected chi connectivity index (χ1v) is 8.08. The molecule has 4 nitrogen and oxygen atoms in total. The van der Waals surface area contributed by atoms with Crippen molar-refractivity contribution in [2.75, 3.05) is 0 Å². The van der Waals surface area contributed by atoms with Gasteiger partial charge in [-0.3, -0.25) is 0 Å². The van der Waals surface area contributed by atoms with Crippen LogP contribution in [0.2, 0.25) is 0 Å². The molecule has 3 aromatic carbocycles. The van der Waals surface area contributed by atoms with Crippen molar-refractivity contribution < 1.29 is 4.42 Å². The molecule has 1 aromatic heterocycles. The monoisotopic (exact) mass is 327 g/mol. The maximum Gasteiger partial charge on any atom is 0.247 e. The van der Waals surface area contributed by atoms with Gasteiger partial charge < -0.3 is 10.2 Å². The molecule has 122 valence electrons. The number of aromatic nitrogens is 2. The molecule has 1 heterocycles. The summed E-state index contributed by atoms with van der Waals surface area (Å²) in [6.45, 7) is 0. The first kappa shape index (κ1) is 15.3. The molecule has 0 spiro atoms. The lowest BCUT2D eigenvalue weighted by Crippen LogP contribution is -2.39. The van der Waals surface area contributed by atoms with Crippen LogP contribution in [-0.4, -0.2) is 10.2 Å². The normalized spacial score (nSPS) is 11.4. The van der Waals surface area contributed by atoms with Gasteiger partial charge in [0.15, 0.2) is 0 Å². The van der Waals surface area contributed by atoms with Crippen molar-refractivity contribution >= 4 is 0 Å². The Morgan fingerprint density at radius 2 is 1.12 bits per heavy atom. The average molecular weight is 327 g/mol. The second-order valence-electron chi connectivity index (χ2n) is 5.82. The molecule has 0 aliphatic rings. The predicted octanol–water partition coefficient (Wildman–Crippen LogP) is 3.99. The fraction of sp³-hybridized carbons (Fsp3) is 0.0476. The number of nitrogens with two attached hydrogens (primary N) is 1.